The second kappa shape index (κ2) is 5.66. The van der Waals surface area contributed by atoms with Crippen molar-refractivity contribution < 1.29 is 14.6 Å². The van der Waals surface area contributed by atoms with Crippen LogP contribution < -0.4 is 9.47 Å². The molecular weight excluding hydrogens is 318 g/mol. The van der Waals surface area contributed by atoms with Gasteiger partial charge in [0.15, 0.2) is 0 Å². The molecule has 0 spiro atoms. The average molecular weight is 335 g/mol. The number of phenolic OH excluding ortho intramolecular Hbond substituents is 1. The summed E-state index contributed by atoms with van der Waals surface area (Å²) in [6.07, 6.45) is 0. The summed E-state index contributed by atoms with van der Waals surface area (Å²) < 4.78 is 11.2. The summed E-state index contributed by atoms with van der Waals surface area (Å²) in [5, 5.41) is 11.5. The number of rotatable bonds is 3. The number of hydrogen-bond donors (Lipinski definition) is 2. The number of H-pyrrole nitrogens is 1. The SMILES string of the molecule is COc1nc(Oc2ccc3[nH]c(C)c(C)c3c2)c2ccc(O)cc2n1. The largest absolute Gasteiger partial charge is 0.508 e. The zero-order valence-corrected chi connectivity index (χ0v) is 14.1. The number of fused-ring (bicyclic) bond motifs is 2. The van der Waals surface area contributed by atoms with Crippen molar-refractivity contribution in [1.82, 2.24) is 15.0 Å². The highest BCUT2D eigenvalue weighted by molar-refractivity contribution is 5.87. The molecular formula is C19H17N3O3. The molecule has 2 heterocycles. The summed E-state index contributed by atoms with van der Waals surface area (Å²) in [6.45, 7) is 4.12. The molecule has 2 N–H and O–H groups in total. The van der Waals surface area contributed by atoms with E-state index in [9.17, 15) is 5.11 Å². The highest BCUT2D eigenvalue weighted by Gasteiger charge is 2.12. The van der Waals surface area contributed by atoms with Gasteiger partial charge in [0.2, 0.25) is 5.88 Å². The lowest BCUT2D eigenvalue weighted by Crippen LogP contribution is -1.97. The molecule has 0 aliphatic rings. The van der Waals surface area contributed by atoms with Crippen LogP contribution in [0, 0.1) is 13.8 Å². The lowest BCUT2D eigenvalue weighted by atomic mass is 10.1. The van der Waals surface area contributed by atoms with Crippen LogP contribution >= 0.6 is 0 Å². The summed E-state index contributed by atoms with van der Waals surface area (Å²) in [6, 6.07) is 10.9. The smallest absolute Gasteiger partial charge is 0.320 e. The van der Waals surface area contributed by atoms with Gasteiger partial charge in [0.25, 0.3) is 0 Å². The van der Waals surface area contributed by atoms with Crippen molar-refractivity contribution in [1.29, 1.82) is 0 Å². The van der Waals surface area contributed by atoms with Gasteiger partial charge in [0.1, 0.15) is 11.5 Å². The van der Waals surface area contributed by atoms with E-state index in [0.29, 0.717) is 22.5 Å². The third-order valence-electron chi connectivity index (χ3n) is 4.30. The van der Waals surface area contributed by atoms with Crippen molar-refractivity contribution in [3.63, 3.8) is 0 Å². The van der Waals surface area contributed by atoms with Crippen LogP contribution in [-0.2, 0) is 0 Å². The summed E-state index contributed by atoms with van der Waals surface area (Å²) >= 11 is 0. The average Bonchev–Trinajstić information content (AvgIpc) is 2.88. The first-order chi connectivity index (χ1) is 12.0. The Bertz CT molecular complexity index is 1100. The van der Waals surface area contributed by atoms with Crippen LogP contribution in [-0.4, -0.2) is 27.2 Å². The highest BCUT2D eigenvalue weighted by Crippen LogP contribution is 2.33. The molecule has 0 saturated carbocycles. The van der Waals surface area contributed by atoms with Gasteiger partial charge in [-0.25, -0.2) is 0 Å². The standard InChI is InChI=1S/C19H17N3O3/c1-10-11(2)20-16-7-5-13(9-15(10)16)25-18-14-6-4-12(23)8-17(14)21-19(22-18)24-3/h4-9,20,23H,1-3H3. The zero-order valence-electron chi connectivity index (χ0n) is 14.1. The van der Waals surface area contributed by atoms with Gasteiger partial charge in [-0.1, -0.05) is 0 Å². The first-order valence-electron chi connectivity index (χ1n) is 7.86. The molecule has 0 amide bonds. The minimum atomic E-state index is 0.124. The fourth-order valence-corrected chi connectivity index (χ4v) is 2.85. The highest BCUT2D eigenvalue weighted by atomic mass is 16.5. The van der Waals surface area contributed by atoms with Gasteiger partial charge in [-0.05, 0) is 49.7 Å². The first kappa shape index (κ1) is 15.3. The number of phenols is 1. The van der Waals surface area contributed by atoms with Gasteiger partial charge in [-0.2, -0.15) is 9.97 Å². The van der Waals surface area contributed by atoms with Crippen LogP contribution in [0.4, 0.5) is 0 Å². The first-order valence-corrected chi connectivity index (χ1v) is 7.86. The lowest BCUT2D eigenvalue weighted by molar-refractivity contribution is 0.370. The zero-order chi connectivity index (χ0) is 17.6. The molecule has 0 fully saturated rings. The van der Waals surface area contributed by atoms with Gasteiger partial charge >= 0.3 is 6.01 Å². The van der Waals surface area contributed by atoms with Crippen molar-refractivity contribution in [3.05, 3.63) is 47.7 Å². The minimum Gasteiger partial charge on any atom is -0.508 e. The van der Waals surface area contributed by atoms with Gasteiger partial charge in [-0.3, -0.25) is 0 Å². The number of benzene rings is 2. The van der Waals surface area contributed by atoms with Crippen LogP contribution in [0.5, 0.6) is 23.4 Å². The Morgan fingerprint density at radius 3 is 2.64 bits per heavy atom. The number of ether oxygens (including phenoxy) is 2. The Kier molecular flexibility index (Phi) is 3.46. The van der Waals surface area contributed by atoms with E-state index in [1.54, 1.807) is 18.2 Å². The van der Waals surface area contributed by atoms with Crippen LogP contribution in [0.3, 0.4) is 0 Å². The Balaban J connectivity index is 1.83. The molecule has 0 aliphatic heterocycles. The molecule has 0 atom stereocenters. The summed E-state index contributed by atoms with van der Waals surface area (Å²) in [4.78, 5) is 11.9. The summed E-state index contributed by atoms with van der Waals surface area (Å²) in [5.74, 6) is 1.18. The molecule has 25 heavy (non-hydrogen) atoms. The van der Waals surface area contributed by atoms with Crippen molar-refractivity contribution >= 4 is 21.8 Å². The molecule has 6 nitrogen and oxygen atoms in total. The molecule has 126 valence electrons. The summed E-state index contributed by atoms with van der Waals surface area (Å²) in [5.41, 5.74) is 3.95. The predicted molar refractivity (Wildman–Crippen MR) is 95.6 cm³/mol. The van der Waals surface area contributed by atoms with E-state index in [-0.39, 0.29) is 11.8 Å². The number of aryl methyl sites for hydroxylation is 2. The molecule has 0 aliphatic carbocycles. The quantitative estimate of drug-likeness (QED) is 0.585. The normalized spacial score (nSPS) is 11.2. The van der Waals surface area contributed by atoms with E-state index >= 15 is 0 Å². The predicted octanol–water partition coefficient (Wildman–Crippen LogP) is 4.23. The Morgan fingerprint density at radius 1 is 1.00 bits per heavy atom. The van der Waals surface area contributed by atoms with Crippen LogP contribution in [0.25, 0.3) is 21.8 Å². The number of aromatic hydroxyl groups is 1. The number of nitrogens with zero attached hydrogens (tertiary/aromatic N) is 2. The second-order valence-corrected chi connectivity index (χ2v) is 5.90. The van der Waals surface area contributed by atoms with E-state index in [4.69, 9.17) is 9.47 Å². The molecule has 0 saturated heterocycles. The maximum absolute atomic E-state index is 9.68. The Morgan fingerprint density at radius 2 is 1.84 bits per heavy atom. The molecule has 2 aromatic heterocycles. The number of nitrogens with one attached hydrogen (secondary N) is 1. The number of hydrogen-bond acceptors (Lipinski definition) is 5. The Hall–Kier alpha value is -3.28. The van der Waals surface area contributed by atoms with Gasteiger partial charge in [0, 0.05) is 22.7 Å². The van der Waals surface area contributed by atoms with Crippen molar-refractivity contribution in [2.24, 2.45) is 0 Å². The maximum Gasteiger partial charge on any atom is 0.320 e. The monoisotopic (exact) mass is 335 g/mol. The van der Waals surface area contributed by atoms with E-state index in [1.807, 2.05) is 25.1 Å². The van der Waals surface area contributed by atoms with Crippen molar-refractivity contribution in [2.75, 3.05) is 7.11 Å². The minimum absolute atomic E-state index is 0.124. The van der Waals surface area contributed by atoms with Crippen molar-refractivity contribution in [3.8, 4) is 23.4 Å². The third kappa shape index (κ3) is 2.61. The van der Waals surface area contributed by atoms with E-state index in [1.165, 1.54) is 12.7 Å². The number of methoxy groups -OCH3 is 1. The van der Waals surface area contributed by atoms with Gasteiger partial charge < -0.3 is 19.6 Å². The van der Waals surface area contributed by atoms with Crippen molar-refractivity contribution in [2.45, 2.75) is 13.8 Å². The van der Waals surface area contributed by atoms with E-state index in [0.717, 1.165) is 16.6 Å². The maximum atomic E-state index is 9.68. The molecule has 4 aromatic rings. The molecule has 0 bridgehead atoms. The van der Waals surface area contributed by atoms with Crippen LogP contribution in [0.1, 0.15) is 11.3 Å². The number of aromatic amines is 1. The molecule has 2 aromatic carbocycles. The second-order valence-electron chi connectivity index (χ2n) is 5.90. The fourth-order valence-electron chi connectivity index (χ4n) is 2.85. The number of aromatic nitrogens is 3. The topological polar surface area (TPSA) is 80.3 Å². The molecule has 6 heteroatoms. The third-order valence-corrected chi connectivity index (χ3v) is 4.30. The molecule has 4 rings (SSSR count). The van der Waals surface area contributed by atoms with E-state index < -0.39 is 0 Å². The van der Waals surface area contributed by atoms with Gasteiger partial charge in [-0.15, -0.1) is 0 Å². The lowest BCUT2D eigenvalue weighted by Gasteiger charge is -2.10. The summed E-state index contributed by atoms with van der Waals surface area (Å²) in [7, 11) is 1.49. The molecule has 0 unspecified atom stereocenters. The van der Waals surface area contributed by atoms with E-state index in [2.05, 4.69) is 21.9 Å². The van der Waals surface area contributed by atoms with Crippen LogP contribution in [0.15, 0.2) is 36.4 Å². The van der Waals surface area contributed by atoms with Gasteiger partial charge in [0.05, 0.1) is 18.0 Å². The molecule has 0 radical (unpaired) electrons. The van der Waals surface area contributed by atoms with Crippen LogP contribution in [0.2, 0.25) is 0 Å². The Labute approximate surface area is 144 Å². The fraction of sp³-hybridized carbons (Fsp3) is 0.158.